The molecule has 0 spiro atoms. The van der Waals surface area contributed by atoms with Gasteiger partial charge in [-0.1, -0.05) is 6.92 Å². The van der Waals surface area contributed by atoms with E-state index in [-0.39, 0.29) is 6.10 Å². The molecular weight excluding hydrogens is 202 g/mol. The fourth-order valence-corrected chi connectivity index (χ4v) is 2.25. The molecule has 0 aromatic rings. The van der Waals surface area contributed by atoms with Crippen LogP contribution in [0.3, 0.4) is 0 Å². The van der Waals surface area contributed by atoms with E-state index in [9.17, 15) is 5.11 Å². The molecule has 3 nitrogen and oxygen atoms in total. The molecule has 96 valence electrons. The Morgan fingerprint density at radius 2 is 2.06 bits per heavy atom. The summed E-state index contributed by atoms with van der Waals surface area (Å²) in [7, 11) is 0. The van der Waals surface area contributed by atoms with Crippen molar-refractivity contribution < 1.29 is 9.84 Å². The molecule has 2 N–H and O–H groups in total. The number of rotatable bonds is 7. The van der Waals surface area contributed by atoms with Crippen molar-refractivity contribution in [3.05, 3.63) is 0 Å². The quantitative estimate of drug-likeness (QED) is 0.656. The summed E-state index contributed by atoms with van der Waals surface area (Å²) in [6.07, 6.45) is 5.12. The first-order chi connectivity index (χ1) is 7.74. The summed E-state index contributed by atoms with van der Waals surface area (Å²) in [5.41, 5.74) is 0. The predicted molar refractivity (Wildman–Crippen MR) is 66.5 cm³/mol. The van der Waals surface area contributed by atoms with E-state index in [1.165, 1.54) is 12.8 Å². The third-order valence-corrected chi connectivity index (χ3v) is 3.62. The van der Waals surface area contributed by atoms with Gasteiger partial charge in [0.2, 0.25) is 0 Å². The van der Waals surface area contributed by atoms with E-state index < -0.39 is 0 Å². The van der Waals surface area contributed by atoms with Gasteiger partial charge in [-0.2, -0.15) is 0 Å². The van der Waals surface area contributed by atoms with Gasteiger partial charge in [0.1, 0.15) is 0 Å². The van der Waals surface area contributed by atoms with Crippen LogP contribution in [0.25, 0.3) is 0 Å². The van der Waals surface area contributed by atoms with E-state index in [0.717, 1.165) is 44.9 Å². The van der Waals surface area contributed by atoms with Crippen LogP contribution in [0.1, 0.15) is 46.0 Å². The minimum absolute atomic E-state index is 0.111. The first-order valence-corrected chi connectivity index (χ1v) is 6.73. The molecule has 0 aliphatic carbocycles. The lowest BCUT2D eigenvalue weighted by atomic mass is 9.93. The Bertz CT molecular complexity index is 169. The molecule has 3 heteroatoms. The summed E-state index contributed by atoms with van der Waals surface area (Å²) < 4.78 is 5.36. The second-order valence-electron chi connectivity index (χ2n) is 4.90. The third-order valence-electron chi connectivity index (χ3n) is 3.62. The number of hydrogen-bond acceptors (Lipinski definition) is 3. The smallest absolute Gasteiger partial charge is 0.0538 e. The second-order valence-corrected chi connectivity index (χ2v) is 4.90. The van der Waals surface area contributed by atoms with Gasteiger partial charge in [-0.3, -0.25) is 0 Å². The maximum atomic E-state index is 9.43. The highest BCUT2D eigenvalue weighted by Crippen LogP contribution is 2.18. The first-order valence-electron chi connectivity index (χ1n) is 6.73. The Hall–Kier alpha value is -0.120. The lowest BCUT2D eigenvalue weighted by molar-refractivity contribution is 0.0558. The molecule has 1 aliphatic rings. The molecule has 0 aromatic carbocycles. The third kappa shape index (κ3) is 5.28. The van der Waals surface area contributed by atoms with E-state index in [1.54, 1.807) is 0 Å². The van der Waals surface area contributed by atoms with Crippen LogP contribution in [-0.4, -0.2) is 37.0 Å². The SMILES string of the molecule is CCC(O)CCCNC(C)C1CCOCC1. The number of aliphatic hydroxyl groups is 1. The zero-order chi connectivity index (χ0) is 11.8. The van der Waals surface area contributed by atoms with Gasteiger partial charge in [0, 0.05) is 19.3 Å². The van der Waals surface area contributed by atoms with E-state index in [2.05, 4.69) is 12.2 Å². The molecule has 0 amide bonds. The predicted octanol–water partition coefficient (Wildman–Crippen LogP) is 1.94. The standard InChI is InChI=1S/C13H27NO2/c1-3-13(15)5-4-8-14-11(2)12-6-9-16-10-7-12/h11-15H,3-10H2,1-2H3. The van der Waals surface area contributed by atoms with Crippen LogP contribution in [0.5, 0.6) is 0 Å². The zero-order valence-corrected chi connectivity index (χ0v) is 10.7. The Kier molecular flexibility index (Phi) is 7.01. The Balaban J connectivity index is 2.03. The average molecular weight is 229 g/mol. The molecule has 16 heavy (non-hydrogen) atoms. The van der Waals surface area contributed by atoms with Crippen LogP contribution in [0.15, 0.2) is 0 Å². The number of aliphatic hydroxyl groups excluding tert-OH is 1. The molecule has 0 bridgehead atoms. The van der Waals surface area contributed by atoms with Crippen molar-refractivity contribution in [1.29, 1.82) is 0 Å². The molecular formula is C13H27NO2. The van der Waals surface area contributed by atoms with Crippen molar-refractivity contribution >= 4 is 0 Å². The zero-order valence-electron chi connectivity index (χ0n) is 10.7. The van der Waals surface area contributed by atoms with Crippen molar-refractivity contribution in [2.75, 3.05) is 19.8 Å². The van der Waals surface area contributed by atoms with Crippen molar-refractivity contribution in [2.45, 2.75) is 58.1 Å². The molecule has 0 saturated carbocycles. The van der Waals surface area contributed by atoms with Gasteiger partial charge in [-0.25, -0.2) is 0 Å². The fraction of sp³-hybridized carbons (Fsp3) is 1.00. The fourth-order valence-electron chi connectivity index (χ4n) is 2.25. The monoisotopic (exact) mass is 229 g/mol. The second kappa shape index (κ2) is 8.04. The van der Waals surface area contributed by atoms with Gasteiger partial charge >= 0.3 is 0 Å². The summed E-state index contributed by atoms with van der Waals surface area (Å²) in [6, 6.07) is 0.586. The van der Waals surface area contributed by atoms with Gasteiger partial charge in [0.25, 0.3) is 0 Å². The number of ether oxygens (including phenoxy) is 1. The highest BCUT2D eigenvalue weighted by atomic mass is 16.5. The van der Waals surface area contributed by atoms with E-state index in [4.69, 9.17) is 4.74 Å². The van der Waals surface area contributed by atoms with Gasteiger partial charge in [0.05, 0.1) is 6.10 Å². The molecule has 2 unspecified atom stereocenters. The van der Waals surface area contributed by atoms with Gasteiger partial charge in [-0.15, -0.1) is 0 Å². The number of nitrogens with one attached hydrogen (secondary N) is 1. The summed E-state index contributed by atoms with van der Waals surface area (Å²) in [6.45, 7) is 7.17. The molecule has 2 atom stereocenters. The topological polar surface area (TPSA) is 41.5 Å². The Morgan fingerprint density at radius 1 is 1.38 bits per heavy atom. The summed E-state index contributed by atoms with van der Waals surface area (Å²) >= 11 is 0. The van der Waals surface area contributed by atoms with Crippen molar-refractivity contribution in [2.24, 2.45) is 5.92 Å². The molecule has 1 fully saturated rings. The van der Waals surface area contributed by atoms with Crippen LogP contribution >= 0.6 is 0 Å². The van der Waals surface area contributed by atoms with Crippen LogP contribution in [0, 0.1) is 5.92 Å². The van der Waals surface area contributed by atoms with E-state index in [0.29, 0.717) is 6.04 Å². The minimum atomic E-state index is -0.111. The highest BCUT2D eigenvalue weighted by molar-refractivity contribution is 4.74. The Morgan fingerprint density at radius 3 is 2.69 bits per heavy atom. The number of hydrogen-bond donors (Lipinski definition) is 2. The van der Waals surface area contributed by atoms with Crippen LogP contribution in [-0.2, 0) is 4.74 Å². The lowest BCUT2D eigenvalue weighted by Crippen LogP contribution is -2.37. The van der Waals surface area contributed by atoms with E-state index in [1.807, 2.05) is 6.92 Å². The summed E-state index contributed by atoms with van der Waals surface area (Å²) in [4.78, 5) is 0. The molecule has 1 saturated heterocycles. The van der Waals surface area contributed by atoms with Crippen molar-refractivity contribution in [1.82, 2.24) is 5.32 Å². The average Bonchev–Trinajstić information content (AvgIpc) is 2.35. The van der Waals surface area contributed by atoms with E-state index >= 15 is 0 Å². The van der Waals surface area contributed by atoms with Crippen molar-refractivity contribution in [3.8, 4) is 0 Å². The summed E-state index contributed by atoms with van der Waals surface area (Å²) in [5.74, 6) is 0.768. The van der Waals surface area contributed by atoms with Crippen LogP contribution < -0.4 is 5.32 Å². The minimum Gasteiger partial charge on any atom is -0.393 e. The first kappa shape index (κ1) is 13.9. The molecule has 1 aliphatic heterocycles. The highest BCUT2D eigenvalue weighted by Gasteiger charge is 2.19. The molecule has 0 aromatic heterocycles. The maximum absolute atomic E-state index is 9.43. The molecule has 0 radical (unpaired) electrons. The maximum Gasteiger partial charge on any atom is 0.0538 e. The van der Waals surface area contributed by atoms with Gasteiger partial charge in [0.15, 0.2) is 0 Å². The molecule has 1 heterocycles. The van der Waals surface area contributed by atoms with Crippen molar-refractivity contribution in [3.63, 3.8) is 0 Å². The lowest BCUT2D eigenvalue weighted by Gasteiger charge is -2.28. The Labute approximate surface area is 99.6 Å². The summed E-state index contributed by atoms with van der Waals surface area (Å²) in [5, 5.41) is 13.0. The van der Waals surface area contributed by atoms with Crippen LogP contribution in [0.2, 0.25) is 0 Å². The van der Waals surface area contributed by atoms with Crippen LogP contribution in [0.4, 0.5) is 0 Å². The van der Waals surface area contributed by atoms with Gasteiger partial charge < -0.3 is 15.2 Å². The largest absolute Gasteiger partial charge is 0.393 e. The van der Waals surface area contributed by atoms with Gasteiger partial charge in [-0.05, 0) is 51.5 Å². The molecule has 1 rings (SSSR count). The normalized spacial score (nSPS) is 21.9.